The lowest BCUT2D eigenvalue weighted by molar-refractivity contribution is 0.422. The Bertz CT molecular complexity index is 420. The molecule has 4 atom stereocenters. The van der Waals surface area contributed by atoms with Crippen LogP contribution in [0.4, 0.5) is 0 Å². The van der Waals surface area contributed by atoms with Crippen molar-refractivity contribution < 1.29 is 0 Å². The van der Waals surface area contributed by atoms with Gasteiger partial charge in [-0.2, -0.15) is 5.21 Å². The molecular formula is C9H12N4S. The van der Waals surface area contributed by atoms with Crippen molar-refractivity contribution in [3.8, 4) is 0 Å². The van der Waals surface area contributed by atoms with Crippen LogP contribution in [0.15, 0.2) is 0 Å². The van der Waals surface area contributed by atoms with Gasteiger partial charge in [0.2, 0.25) is 4.77 Å². The van der Waals surface area contributed by atoms with Crippen LogP contribution in [-0.4, -0.2) is 20.2 Å². The van der Waals surface area contributed by atoms with E-state index in [1.54, 1.807) is 0 Å². The second kappa shape index (κ2) is 2.27. The van der Waals surface area contributed by atoms with Crippen LogP contribution in [0, 0.1) is 28.4 Å². The highest BCUT2D eigenvalue weighted by Crippen LogP contribution is 2.71. The topological polar surface area (TPSA) is 46.5 Å². The van der Waals surface area contributed by atoms with Crippen LogP contribution in [0.3, 0.4) is 0 Å². The van der Waals surface area contributed by atoms with E-state index in [-0.39, 0.29) is 0 Å². The van der Waals surface area contributed by atoms with Gasteiger partial charge in [-0.1, -0.05) is 10.3 Å². The standard InChI is InChI=1S/C9H12N4S/c14-9-10-11-12-13(9)8-6-4-1-2-5(3-4)7(6)8/h4-8H,1-3H2,(H,10,12,14). The van der Waals surface area contributed by atoms with Crippen molar-refractivity contribution in [1.29, 1.82) is 0 Å². The Hall–Kier alpha value is -0.710. The number of aromatic amines is 1. The minimum absolute atomic E-state index is 0.615. The van der Waals surface area contributed by atoms with Crippen LogP contribution in [0.5, 0.6) is 0 Å². The summed E-state index contributed by atoms with van der Waals surface area (Å²) in [6.07, 6.45) is 4.36. The number of nitrogens with one attached hydrogen (secondary N) is 1. The average molecular weight is 208 g/mol. The molecule has 14 heavy (non-hydrogen) atoms. The SMILES string of the molecule is S=c1nn[nH]n1C1C2C3CCC(C3)C21. The van der Waals surface area contributed by atoms with Crippen LogP contribution in [0.1, 0.15) is 25.3 Å². The zero-order valence-corrected chi connectivity index (χ0v) is 8.57. The highest BCUT2D eigenvalue weighted by atomic mass is 32.1. The minimum atomic E-state index is 0.615. The number of hydrogen-bond donors (Lipinski definition) is 1. The molecule has 5 heteroatoms. The Morgan fingerprint density at radius 1 is 1.29 bits per heavy atom. The molecule has 1 N–H and O–H groups in total. The Morgan fingerprint density at radius 3 is 2.57 bits per heavy atom. The van der Waals surface area contributed by atoms with Crippen LogP contribution in [0.2, 0.25) is 0 Å². The largest absolute Gasteiger partial charge is 0.239 e. The van der Waals surface area contributed by atoms with Crippen molar-refractivity contribution in [2.75, 3.05) is 0 Å². The third-order valence-corrected chi connectivity index (χ3v) is 4.77. The molecule has 3 fully saturated rings. The van der Waals surface area contributed by atoms with Gasteiger partial charge in [-0.15, -0.1) is 0 Å². The number of aromatic nitrogens is 4. The lowest BCUT2D eigenvalue weighted by atomic mass is 10.0. The molecule has 1 heterocycles. The first-order valence-corrected chi connectivity index (χ1v) is 5.76. The number of rotatable bonds is 1. The van der Waals surface area contributed by atoms with E-state index in [9.17, 15) is 0 Å². The van der Waals surface area contributed by atoms with Crippen LogP contribution >= 0.6 is 12.2 Å². The number of hydrogen-bond acceptors (Lipinski definition) is 3. The molecule has 74 valence electrons. The van der Waals surface area contributed by atoms with Gasteiger partial charge >= 0.3 is 0 Å². The van der Waals surface area contributed by atoms with E-state index >= 15 is 0 Å². The third kappa shape index (κ3) is 0.736. The molecule has 0 radical (unpaired) electrons. The van der Waals surface area contributed by atoms with Crippen LogP contribution < -0.4 is 0 Å². The molecule has 3 aliphatic rings. The van der Waals surface area contributed by atoms with Gasteiger partial charge in [-0.3, -0.25) is 0 Å². The van der Waals surface area contributed by atoms with E-state index in [1.807, 2.05) is 4.68 Å². The lowest BCUT2D eigenvalue weighted by Crippen LogP contribution is -2.06. The predicted octanol–water partition coefficient (Wildman–Crippen LogP) is 1.55. The van der Waals surface area contributed by atoms with Crippen molar-refractivity contribution in [3.63, 3.8) is 0 Å². The number of H-pyrrole nitrogens is 1. The van der Waals surface area contributed by atoms with Gasteiger partial charge in [-0.25, -0.2) is 4.68 Å². The van der Waals surface area contributed by atoms with Crippen LogP contribution in [-0.2, 0) is 0 Å². The van der Waals surface area contributed by atoms with Gasteiger partial charge in [0, 0.05) is 0 Å². The second-order valence-electron chi connectivity index (χ2n) is 4.93. The number of fused-ring (bicyclic) bond motifs is 5. The molecule has 1 aromatic rings. The molecule has 0 aliphatic heterocycles. The fraction of sp³-hybridized carbons (Fsp3) is 0.889. The van der Waals surface area contributed by atoms with E-state index in [2.05, 4.69) is 15.5 Å². The normalized spacial score (nSPS) is 48.1. The fourth-order valence-electron chi connectivity index (χ4n) is 4.02. The molecule has 4 nitrogen and oxygen atoms in total. The van der Waals surface area contributed by atoms with Gasteiger partial charge in [-0.05, 0) is 55.2 Å². The van der Waals surface area contributed by atoms with E-state index in [1.165, 1.54) is 19.3 Å². The predicted molar refractivity (Wildman–Crippen MR) is 52.1 cm³/mol. The molecule has 0 spiro atoms. The van der Waals surface area contributed by atoms with Gasteiger partial charge in [0.15, 0.2) is 0 Å². The molecule has 0 aromatic carbocycles. The lowest BCUT2D eigenvalue weighted by Gasteiger charge is -2.07. The van der Waals surface area contributed by atoms with E-state index < -0.39 is 0 Å². The zero-order valence-electron chi connectivity index (χ0n) is 7.76. The first-order valence-electron chi connectivity index (χ1n) is 5.36. The molecule has 4 rings (SSSR count). The summed E-state index contributed by atoms with van der Waals surface area (Å²) in [6, 6.07) is 0.615. The average Bonchev–Trinajstić information content (AvgIpc) is 2.59. The summed E-state index contributed by atoms with van der Waals surface area (Å²) in [4.78, 5) is 0. The summed E-state index contributed by atoms with van der Waals surface area (Å²) in [6.45, 7) is 0. The summed E-state index contributed by atoms with van der Waals surface area (Å²) in [5.41, 5.74) is 0. The van der Waals surface area contributed by atoms with E-state index in [0.717, 1.165) is 23.7 Å². The molecule has 2 bridgehead atoms. The highest BCUT2D eigenvalue weighted by Gasteiger charge is 2.66. The quantitative estimate of drug-likeness (QED) is 0.712. The van der Waals surface area contributed by atoms with E-state index in [4.69, 9.17) is 12.2 Å². The molecular weight excluding hydrogens is 196 g/mol. The maximum absolute atomic E-state index is 5.14. The number of tetrazole rings is 1. The fourth-order valence-corrected chi connectivity index (χ4v) is 4.23. The molecule has 3 saturated carbocycles. The summed E-state index contributed by atoms with van der Waals surface area (Å²) < 4.78 is 2.64. The van der Waals surface area contributed by atoms with Gasteiger partial charge < -0.3 is 0 Å². The first-order chi connectivity index (χ1) is 6.86. The molecule has 1 aromatic heterocycles. The van der Waals surface area contributed by atoms with Gasteiger partial charge in [0.05, 0.1) is 6.04 Å². The van der Waals surface area contributed by atoms with Gasteiger partial charge in [0.1, 0.15) is 0 Å². The number of nitrogens with zero attached hydrogens (tertiary/aromatic N) is 3. The molecule has 3 aliphatic carbocycles. The monoisotopic (exact) mass is 208 g/mol. The van der Waals surface area contributed by atoms with Crippen molar-refractivity contribution in [3.05, 3.63) is 4.77 Å². The summed E-state index contributed by atoms with van der Waals surface area (Å²) in [5, 5.41) is 10.5. The highest BCUT2D eigenvalue weighted by molar-refractivity contribution is 7.71. The summed E-state index contributed by atoms with van der Waals surface area (Å²) in [7, 11) is 0. The van der Waals surface area contributed by atoms with Crippen molar-refractivity contribution in [1.82, 2.24) is 20.2 Å². The second-order valence-corrected chi connectivity index (χ2v) is 5.30. The maximum atomic E-state index is 5.14. The Balaban J connectivity index is 1.73. The summed E-state index contributed by atoms with van der Waals surface area (Å²) >= 11 is 5.14. The molecule has 4 unspecified atom stereocenters. The molecule has 0 saturated heterocycles. The van der Waals surface area contributed by atoms with E-state index in [0.29, 0.717) is 10.8 Å². The summed E-state index contributed by atoms with van der Waals surface area (Å²) in [5.74, 6) is 3.73. The minimum Gasteiger partial charge on any atom is -0.239 e. The first kappa shape index (κ1) is 7.56. The van der Waals surface area contributed by atoms with Crippen molar-refractivity contribution in [2.24, 2.45) is 23.7 Å². The molecule has 0 amide bonds. The zero-order chi connectivity index (χ0) is 9.28. The third-order valence-electron chi connectivity index (χ3n) is 4.49. The van der Waals surface area contributed by atoms with Crippen LogP contribution in [0.25, 0.3) is 0 Å². The van der Waals surface area contributed by atoms with Gasteiger partial charge in [0.25, 0.3) is 0 Å². The Labute approximate surface area is 86.7 Å². The Kier molecular flexibility index (Phi) is 1.22. The smallest absolute Gasteiger partial charge is 0.238 e. The van der Waals surface area contributed by atoms with Crippen molar-refractivity contribution >= 4 is 12.2 Å². The maximum Gasteiger partial charge on any atom is 0.238 e. The van der Waals surface area contributed by atoms with Crippen molar-refractivity contribution in [2.45, 2.75) is 25.3 Å². The Morgan fingerprint density at radius 2 is 2.00 bits per heavy atom.